The van der Waals surface area contributed by atoms with Gasteiger partial charge in [0, 0.05) is 63.1 Å². The van der Waals surface area contributed by atoms with E-state index in [9.17, 15) is 9.18 Å². The second kappa shape index (κ2) is 9.24. The van der Waals surface area contributed by atoms with Gasteiger partial charge in [0.25, 0.3) is 0 Å². The van der Waals surface area contributed by atoms with Gasteiger partial charge in [0.1, 0.15) is 12.1 Å². The van der Waals surface area contributed by atoms with Gasteiger partial charge in [0.2, 0.25) is 11.9 Å². The van der Waals surface area contributed by atoms with Gasteiger partial charge < -0.3 is 9.80 Å². The van der Waals surface area contributed by atoms with Crippen molar-refractivity contribution in [1.29, 1.82) is 0 Å². The third-order valence-corrected chi connectivity index (χ3v) is 6.27. The number of halogens is 1. The molecule has 0 unspecified atom stereocenters. The lowest BCUT2D eigenvalue weighted by Gasteiger charge is -2.39. The van der Waals surface area contributed by atoms with Gasteiger partial charge in [-0.2, -0.15) is 5.10 Å². The minimum Gasteiger partial charge on any atom is -0.337 e. The molecule has 0 aliphatic carbocycles. The van der Waals surface area contributed by atoms with E-state index < -0.39 is 11.5 Å². The van der Waals surface area contributed by atoms with E-state index in [0.29, 0.717) is 17.1 Å². The highest BCUT2D eigenvalue weighted by Gasteiger charge is 2.27. The van der Waals surface area contributed by atoms with Gasteiger partial charge in [-0.05, 0) is 36.6 Å². The predicted molar refractivity (Wildman–Crippen MR) is 130 cm³/mol. The molecule has 3 aromatic heterocycles. The summed E-state index contributed by atoms with van der Waals surface area (Å²) in [6.07, 6.45) is 9.36. The third-order valence-electron chi connectivity index (χ3n) is 6.27. The number of nitrogens with zero attached hydrogens (tertiary/aromatic N) is 9. The summed E-state index contributed by atoms with van der Waals surface area (Å²) in [6, 6.07) is 4.83. The van der Waals surface area contributed by atoms with Crippen molar-refractivity contribution in [3.8, 4) is 16.8 Å². The number of rotatable bonds is 5. The molecule has 1 aliphatic heterocycles. The largest absolute Gasteiger partial charge is 0.350 e. The Hall–Kier alpha value is -4.15. The number of piperazine rings is 1. The van der Waals surface area contributed by atoms with E-state index >= 15 is 0 Å². The molecule has 1 aliphatic rings. The minimum absolute atomic E-state index is 0.143. The molecule has 11 heteroatoms. The zero-order chi connectivity index (χ0) is 24.5. The molecule has 4 heterocycles. The molecule has 10 nitrogen and oxygen atoms in total. The van der Waals surface area contributed by atoms with Gasteiger partial charge in [-0.25, -0.2) is 38.4 Å². The Kier molecular flexibility index (Phi) is 5.98. The van der Waals surface area contributed by atoms with Crippen molar-refractivity contribution in [3.63, 3.8) is 0 Å². The van der Waals surface area contributed by atoms with Crippen LogP contribution in [-0.4, -0.2) is 60.0 Å². The molecule has 0 radical (unpaired) electrons. The maximum atomic E-state index is 14.8. The Morgan fingerprint density at radius 2 is 1.71 bits per heavy atom. The summed E-state index contributed by atoms with van der Waals surface area (Å²) in [5.74, 6) is 0.840. The Labute approximate surface area is 201 Å². The molecule has 0 N–H and O–H groups in total. The predicted octanol–water partition coefficient (Wildman–Crippen LogP) is 2.23. The standard InChI is InChI=1S/C24H26FN9O/c1-4-17-10-26-22(27-11-17)32-7-8-33(16(2)14-32)23-28-12-19(13-29-23)18-5-6-21(20(25)9-18)34-15-30-31(3)24(34)35/h5-6,9-13,15-16H,4,7-8,14H2,1-3H3/t16-/m0/s1. The molecular formula is C24H26FN9O. The van der Waals surface area contributed by atoms with E-state index in [-0.39, 0.29) is 11.7 Å². The van der Waals surface area contributed by atoms with Crippen LogP contribution in [0.15, 0.2) is 54.1 Å². The molecule has 1 fully saturated rings. The first-order chi connectivity index (χ1) is 16.9. The maximum Gasteiger partial charge on any atom is 0.350 e. The summed E-state index contributed by atoms with van der Waals surface area (Å²) in [6.45, 7) is 6.47. The van der Waals surface area contributed by atoms with E-state index in [0.717, 1.165) is 42.2 Å². The van der Waals surface area contributed by atoms with Crippen LogP contribution >= 0.6 is 0 Å². The van der Waals surface area contributed by atoms with Crippen LogP contribution in [0.3, 0.4) is 0 Å². The molecule has 1 atom stereocenters. The van der Waals surface area contributed by atoms with Crippen LogP contribution in [0, 0.1) is 5.82 Å². The van der Waals surface area contributed by atoms with Crippen molar-refractivity contribution in [1.82, 2.24) is 34.3 Å². The Morgan fingerprint density at radius 3 is 2.31 bits per heavy atom. The molecule has 0 spiro atoms. The maximum absolute atomic E-state index is 14.8. The van der Waals surface area contributed by atoms with Gasteiger partial charge in [0.05, 0.1) is 5.69 Å². The topological polar surface area (TPSA) is 97.9 Å². The van der Waals surface area contributed by atoms with Crippen LogP contribution in [0.4, 0.5) is 16.3 Å². The third kappa shape index (κ3) is 4.36. The lowest BCUT2D eigenvalue weighted by Crippen LogP contribution is -2.53. The molecule has 35 heavy (non-hydrogen) atoms. The number of aromatic nitrogens is 7. The number of benzene rings is 1. The average Bonchev–Trinajstić information content (AvgIpc) is 3.22. The highest BCUT2D eigenvalue weighted by Crippen LogP contribution is 2.25. The zero-order valence-corrected chi connectivity index (χ0v) is 19.8. The summed E-state index contributed by atoms with van der Waals surface area (Å²) in [7, 11) is 1.52. The number of hydrogen-bond donors (Lipinski definition) is 0. The van der Waals surface area contributed by atoms with Crippen LogP contribution in [0.25, 0.3) is 16.8 Å². The van der Waals surface area contributed by atoms with E-state index in [1.54, 1.807) is 24.5 Å². The van der Waals surface area contributed by atoms with Crippen molar-refractivity contribution in [2.24, 2.45) is 7.05 Å². The van der Waals surface area contributed by atoms with Gasteiger partial charge >= 0.3 is 5.69 Å². The molecular weight excluding hydrogens is 449 g/mol. The van der Waals surface area contributed by atoms with E-state index in [1.165, 1.54) is 24.0 Å². The summed E-state index contributed by atoms with van der Waals surface area (Å²) >= 11 is 0. The van der Waals surface area contributed by atoms with Gasteiger partial charge in [-0.1, -0.05) is 13.0 Å². The zero-order valence-electron chi connectivity index (χ0n) is 19.8. The number of aryl methyl sites for hydroxylation is 2. The molecule has 180 valence electrons. The van der Waals surface area contributed by atoms with E-state index in [2.05, 4.69) is 48.7 Å². The quantitative estimate of drug-likeness (QED) is 0.434. The van der Waals surface area contributed by atoms with Crippen molar-refractivity contribution in [2.75, 3.05) is 29.4 Å². The fraction of sp³-hybridized carbons (Fsp3) is 0.333. The average molecular weight is 476 g/mol. The smallest absolute Gasteiger partial charge is 0.337 e. The molecule has 0 saturated carbocycles. The number of hydrogen-bond acceptors (Lipinski definition) is 8. The fourth-order valence-electron chi connectivity index (χ4n) is 4.18. The highest BCUT2D eigenvalue weighted by atomic mass is 19.1. The molecule has 5 rings (SSSR count). The molecule has 0 bridgehead atoms. The Bertz CT molecular complexity index is 1380. The van der Waals surface area contributed by atoms with Crippen molar-refractivity contribution in [3.05, 3.63) is 71.2 Å². The van der Waals surface area contributed by atoms with E-state index in [4.69, 9.17) is 0 Å². The van der Waals surface area contributed by atoms with Crippen LogP contribution in [-0.2, 0) is 13.5 Å². The van der Waals surface area contributed by atoms with Crippen molar-refractivity contribution in [2.45, 2.75) is 26.3 Å². The first kappa shape index (κ1) is 22.6. The summed E-state index contributed by atoms with van der Waals surface area (Å²) in [4.78, 5) is 34.5. The lowest BCUT2D eigenvalue weighted by molar-refractivity contribution is 0.533. The summed E-state index contributed by atoms with van der Waals surface area (Å²) in [5.41, 5.74) is 2.16. The minimum atomic E-state index is -0.527. The monoisotopic (exact) mass is 475 g/mol. The fourth-order valence-corrected chi connectivity index (χ4v) is 4.18. The second-order valence-electron chi connectivity index (χ2n) is 8.58. The Balaban J connectivity index is 1.29. The van der Waals surface area contributed by atoms with Crippen LogP contribution in [0.2, 0.25) is 0 Å². The van der Waals surface area contributed by atoms with Gasteiger partial charge in [0.15, 0.2) is 0 Å². The van der Waals surface area contributed by atoms with Crippen LogP contribution in [0.5, 0.6) is 0 Å². The van der Waals surface area contributed by atoms with E-state index in [1.807, 2.05) is 12.4 Å². The second-order valence-corrected chi connectivity index (χ2v) is 8.58. The van der Waals surface area contributed by atoms with Crippen LogP contribution in [0.1, 0.15) is 19.4 Å². The lowest BCUT2D eigenvalue weighted by atomic mass is 10.1. The molecule has 1 saturated heterocycles. The van der Waals surface area contributed by atoms with Crippen LogP contribution < -0.4 is 15.5 Å². The van der Waals surface area contributed by atoms with Gasteiger partial charge in [-0.3, -0.25) is 0 Å². The van der Waals surface area contributed by atoms with Crippen molar-refractivity contribution < 1.29 is 4.39 Å². The summed E-state index contributed by atoms with van der Waals surface area (Å²) in [5, 5.41) is 3.87. The molecule has 0 amide bonds. The first-order valence-electron chi connectivity index (χ1n) is 11.5. The SMILES string of the molecule is CCc1cnc(N2CCN(c3ncc(-c4ccc(-n5cnn(C)c5=O)c(F)c4)cn3)[C@@H](C)C2)nc1. The summed E-state index contributed by atoms with van der Waals surface area (Å²) < 4.78 is 17.1. The van der Waals surface area contributed by atoms with Gasteiger partial charge in [-0.15, -0.1) is 0 Å². The molecule has 4 aromatic rings. The number of anilines is 2. The van der Waals surface area contributed by atoms with Crippen molar-refractivity contribution >= 4 is 11.9 Å². The normalized spacial score (nSPS) is 16.1. The first-order valence-corrected chi connectivity index (χ1v) is 11.5. The Morgan fingerprint density at radius 1 is 1.00 bits per heavy atom. The highest BCUT2D eigenvalue weighted by molar-refractivity contribution is 5.64. The molecule has 1 aromatic carbocycles.